The second kappa shape index (κ2) is 19.7. The predicted octanol–water partition coefficient (Wildman–Crippen LogP) is 9.07. The Balaban J connectivity index is 0.841. The van der Waals surface area contributed by atoms with Crippen LogP contribution < -0.4 is 29.3 Å². The number of H-pyrrole nitrogens is 1. The van der Waals surface area contributed by atoms with Crippen molar-refractivity contribution in [3.63, 3.8) is 0 Å². The highest BCUT2D eigenvalue weighted by molar-refractivity contribution is 7.90. The first-order chi connectivity index (χ1) is 36.9. The number of nitro groups is 1. The molecule has 2 aliphatic carbocycles. The van der Waals surface area contributed by atoms with Gasteiger partial charge in [0.25, 0.3) is 21.6 Å². The molecule has 4 N–H and O–H groups in total. The third-order valence-corrected chi connectivity index (χ3v) is 19.8. The maximum atomic E-state index is 16.4. The van der Waals surface area contributed by atoms with E-state index in [0.29, 0.717) is 60.4 Å². The topological polar surface area (TPSA) is 214 Å². The van der Waals surface area contributed by atoms with Crippen molar-refractivity contribution in [3.05, 3.63) is 99.7 Å². The van der Waals surface area contributed by atoms with Crippen molar-refractivity contribution in [1.29, 1.82) is 0 Å². The van der Waals surface area contributed by atoms with Gasteiger partial charge in [0.15, 0.2) is 11.4 Å². The zero-order valence-electron chi connectivity index (χ0n) is 44.1. The number of piperidine rings is 1. The van der Waals surface area contributed by atoms with Crippen LogP contribution >= 0.6 is 0 Å². The number of carbonyl (C=O) groups is 1. The molecule has 410 valence electrons. The van der Waals surface area contributed by atoms with Crippen molar-refractivity contribution >= 4 is 55.4 Å². The number of sulfonamides is 1. The summed E-state index contributed by atoms with van der Waals surface area (Å²) in [6.07, 6.45) is 6.35. The number of halogens is 1. The van der Waals surface area contributed by atoms with Gasteiger partial charge in [-0.15, -0.1) is 0 Å². The Hall–Kier alpha value is -6.06. The van der Waals surface area contributed by atoms with Crippen molar-refractivity contribution in [2.75, 3.05) is 67.8 Å². The maximum Gasteiger partial charge on any atom is 0.297 e. The lowest BCUT2D eigenvalue weighted by Crippen LogP contribution is -2.62. The van der Waals surface area contributed by atoms with Gasteiger partial charge in [-0.3, -0.25) is 19.8 Å². The molecule has 0 unspecified atom stereocenters. The fraction of sp³-hybridized carbons (Fsp3) is 0.544. The minimum Gasteiger partial charge on any atom is -0.489 e. The molecule has 6 atom stereocenters. The molecule has 18 nitrogen and oxygen atoms in total. The number of aliphatic hydroxyl groups is 1. The first-order valence-corrected chi connectivity index (χ1v) is 28.9. The summed E-state index contributed by atoms with van der Waals surface area (Å²) >= 11 is 0. The SMILES string of the molecule is CC(C)c1ccccc1[C@@H]1COCCCN1[C@@H]1CC2(CCN(c3ccc(C(=O)NS(=O)(=O)c4cc5c(c([N+](=O)[O-])c4)N[C@H](C4(F)CCC(C)(O)CC4)CO5)c(N4c5cc6cc[nH]c6nc5O[C@H]5COCC[C@@H]54)c3)CC2)[C@H]1C. The lowest BCUT2D eigenvalue weighted by atomic mass is 9.53. The van der Waals surface area contributed by atoms with E-state index in [1.54, 1.807) is 19.2 Å². The summed E-state index contributed by atoms with van der Waals surface area (Å²) in [7, 11) is -4.81. The highest BCUT2D eigenvalue weighted by Gasteiger charge is 2.55. The van der Waals surface area contributed by atoms with Gasteiger partial charge in [-0.25, -0.2) is 17.5 Å². The number of aromatic nitrogens is 2. The van der Waals surface area contributed by atoms with E-state index in [4.69, 9.17) is 23.9 Å². The summed E-state index contributed by atoms with van der Waals surface area (Å²) in [5.74, 6) is 0.0876. The average molecular weight is 1080 g/mol. The van der Waals surface area contributed by atoms with Crippen molar-refractivity contribution in [2.24, 2.45) is 11.3 Å². The molecule has 5 fully saturated rings. The summed E-state index contributed by atoms with van der Waals surface area (Å²) in [5, 5.41) is 26.9. The Morgan fingerprint density at radius 2 is 1.73 bits per heavy atom. The Morgan fingerprint density at radius 3 is 2.49 bits per heavy atom. The number of carbonyl (C=O) groups excluding carboxylic acids is 1. The molecule has 0 bridgehead atoms. The van der Waals surface area contributed by atoms with Gasteiger partial charge in [0.05, 0.1) is 58.0 Å². The highest BCUT2D eigenvalue weighted by atomic mass is 32.2. The second-order valence-corrected chi connectivity index (χ2v) is 25.0. The Kier molecular flexibility index (Phi) is 13.2. The zero-order valence-corrected chi connectivity index (χ0v) is 45.0. The van der Waals surface area contributed by atoms with Crippen molar-refractivity contribution in [1.82, 2.24) is 19.6 Å². The Bertz CT molecular complexity index is 3210. The first-order valence-electron chi connectivity index (χ1n) is 27.4. The predicted molar refractivity (Wildman–Crippen MR) is 289 cm³/mol. The van der Waals surface area contributed by atoms with Gasteiger partial charge in [0, 0.05) is 68.3 Å². The molecule has 2 aromatic heterocycles. The van der Waals surface area contributed by atoms with E-state index in [2.05, 4.69) is 69.9 Å². The molecule has 7 aliphatic rings. The van der Waals surface area contributed by atoms with Gasteiger partial charge in [-0.2, -0.15) is 4.98 Å². The van der Waals surface area contributed by atoms with Crippen LogP contribution in [0.25, 0.3) is 11.0 Å². The number of rotatable bonds is 10. The molecule has 3 aromatic carbocycles. The zero-order chi connectivity index (χ0) is 53.6. The average Bonchev–Trinajstić information content (AvgIpc) is 3.93. The van der Waals surface area contributed by atoms with Crippen LogP contribution in [0.3, 0.4) is 0 Å². The number of nitro benzene ring substituents is 1. The third-order valence-electron chi connectivity index (χ3n) is 18.5. The number of aromatic amines is 1. The van der Waals surface area contributed by atoms with Gasteiger partial charge >= 0.3 is 0 Å². The van der Waals surface area contributed by atoms with Crippen LogP contribution in [0, 0.1) is 21.4 Å². The van der Waals surface area contributed by atoms with Crippen LogP contribution in [-0.2, 0) is 19.5 Å². The number of anilines is 4. The van der Waals surface area contributed by atoms with Crippen molar-refractivity contribution in [2.45, 2.75) is 138 Å². The summed E-state index contributed by atoms with van der Waals surface area (Å²) in [6, 6.07) is 19.5. The Morgan fingerprint density at radius 1 is 0.948 bits per heavy atom. The number of nitrogens with one attached hydrogen (secondary N) is 3. The molecule has 5 aliphatic heterocycles. The third kappa shape index (κ3) is 9.34. The van der Waals surface area contributed by atoms with Gasteiger partial charge in [-0.05, 0) is 123 Å². The molecule has 7 heterocycles. The second-order valence-electron chi connectivity index (χ2n) is 23.3. The van der Waals surface area contributed by atoms with Gasteiger partial charge < -0.3 is 44.2 Å². The highest BCUT2D eigenvalue weighted by Crippen LogP contribution is 2.58. The number of ether oxygens (including phenoxy) is 4. The summed E-state index contributed by atoms with van der Waals surface area (Å²) in [5.41, 5.74) is 1.84. The normalized spacial score (nSPS) is 29.2. The van der Waals surface area contributed by atoms with E-state index in [0.717, 1.165) is 75.1 Å². The van der Waals surface area contributed by atoms with E-state index < -0.39 is 54.9 Å². The number of amides is 1. The lowest BCUT2D eigenvalue weighted by Gasteiger charge is -2.61. The molecular weight excluding hydrogens is 1010 g/mol. The lowest BCUT2D eigenvalue weighted by molar-refractivity contribution is -0.384. The number of alkyl halides is 1. The van der Waals surface area contributed by atoms with Crippen LogP contribution in [0.2, 0.25) is 0 Å². The quantitative estimate of drug-likeness (QED) is 0.0759. The Labute approximate surface area is 448 Å². The van der Waals surface area contributed by atoms with E-state index in [-0.39, 0.29) is 73.4 Å². The standard InChI is InChI=1S/C57H69FN8O10S/c1-34(2)39-8-5-6-9-40(39)47-31-73-24-7-21-64(47)46-30-56(35(46)3)18-22-63(23-19-56)37-10-11-41(43(27-37)65-42-13-25-74-32-49(42)76-54-45(65)26-36-12-20-59-52(36)61-54)53(67)62-77(71,72)38-28-44(66(69)70)51-48(29-38)75-33-50(60-51)57(58)16-14-55(4,68)15-17-57/h5-6,8-12,20,26-29,34-35,42,46-47,49-50,60,68H,7,13-19,21-25,30-33H2,1-4H3,(H,59,61)(H,62,67)/t35-,42-,46+,47-,49-,50-,55?,57?/m0/s1. The largest absolute Gasteiger partial charge is 0.489 e. The van der Waals surface area contributed by atoms with Gasteiger partial charge in [0.2, 0.25) is 5.88 Å². The van der Waals surface area contributed by atoms with Crippen LogP contribution in [0.1, 0.15) is 119 Å². The number of fused-ring (bicyclic) bond motifs is 4. The number of hydrogen-bond acceptors (Lipinski definition) is 15. The van der Waals surface area contributed by atoms with Crippen LogP contribution in [0.4, 0.5) is 32.8 Å². The molecule has 1 spiro atoms. The van der Waals surface area contributed by atoms with E-state index in [1.165, 1.54) is 11.1 Å². The van der Waals surface area contributed by atoms with Crippen molar-refractivity contribution in [3.8, 4) is 11.6 Å². The number of pyridine rings is 1. The number of benzene rings is 3. The van der Waals surface area contributed by atoms with Crippen molar-refractivity contribution < 1.29 is 46.6 Å². The molecule has 0 radical (unpaired) electrons. The van der Waals surface area contributed by atoms with E-state index in [1.807, 2.05) is 29.2 Å². The van der Waals surface area contributed by atoms with Gasteiger partial charge in [0.1, 0.15) is 29.7 Å². The summed E-state index contributed by atoms with van der Waals surface area (Å²) < 4.78 is 72.1. The summed E-state index contributed by atoms with van der Waals surface area (Å²) in [6.45, 7) is 13.1. The van der Waals surface area contributed by atoms with Crippen LogP contribution in [0.15, 0.2) is 77.8 Å². The molecule has 3 saturated heterocycles. The number of nitrogens with zero attached hydrogens (tertiary/aromatic N) is 5. The maximum absolute atomic E-state index is 16.4. The number of hydrogen-bond donors (Lipinski definition) is 4. The molecule has 1 amide bonds. The molecule has 5 aromatic rings. The minimum atomic E-state index is -4.81. The van der Waals surface area contributed by atoms with Crippen LogP contribution in [0.5, 0.6) is 11.6 Å². The minimum absolute atomic E-state index is 0.00750. The monoisotopic (exact) mass is 1080 g/mol. The fourth-order valence-corrected chi connectivity index (χ4v) is 14.8. The molecule has 77 heavy (non-hydrogen) atoms. The van der Waals surface area contributed by atoms with Crippen LogP contribution in [-0.4, -0.2) is 127 Å². The molecule has 12 rings (SSSR count). The van der Waals surface area contributed by atoms with Gasteiger partial charge in [-0.1, -0.05) is 45.0 Å². The molecule has 2 saturated carbocycles. The van der Waals surface area contributed by atoms with E-state index in [9.17, 15) is 28.4 Å². The van der Waals surface area contributed by atoms with E-state index >= 15 is 4.39 Å². The molecule has 20 heteroatoms. The fourth-order valence-electron chi connectivity index (χ4n) is 13.8. The smallest absolute Gasteiger partial charge is 0.297 e. The molecular formula is C57H69FN8O10S. The first kappa shape index (κ1) is 51.7. The summed E-state index contributed by atoms with van der Waals surface area (Å²) in [4.78, 5) is 41.3.